The third-order valence-corrected chi connectivity index (χ3v) is 5.97. The van der Waals surface area contributed by atoms with Gasteiger partial charge in [0.2, 0.25) is 5.91 Å². The Kier molecular flexibility index (Phi) is 9.23. The minimum absolute atomic E-state index is 0.0358. The molecule has 4 N–H and O–H groups in total. The number of guanidine groups is 1. The number of hydrogen-bond acceptors (Lipinski definition) is 3. The Balaban J connectivity index is 1.55. The number of nitrogens with zero attached hydrogens (tertiary/aromatic N) is 2. The zero-order chi connectivity index (χ0) is 18.8. The van der Waals surface area contributed by atoms with Crippen LogP contribution in [0, 0.1) is 17.8 Å². The summed E-state index contributed by atoms with van der Waals surface area (Å²) in [7, 11) is 1.83. The molecule has 6 nitrogen and oxygen atoms in total. The second-order valence-electron chi connectivity index (χ2n) is 8.25. The number of carbonyl (C=O) groups is 1. The number of piperidine rings is 1. The lowest BCUT2D eigenvalue weighted by atomic mass is 9.81. The Morgan fingerprint density at radius 1 is 1.19 bits per heavy atom. The zero-order valence-electron chi connectivity index (χ0n) is 16.8. The van der Waals surface area contributed by atoms with Crippen molar-refractivity contribution in [2.24, 2.45) is 28.5 Å². The van der Waals surface area contributed by atoms with E-state index in [2.05, 4.69) is 27.4 Å². The summed E-state index contributed by atoms with van der Waals surface area (Å²) < 4.78 is 0. The maximum atomic E-state index is 11.3. The summed E-state index contributed by atoms with van der Waals surface area (Å²) in [6.07, 6.45) is 9.89. The average Bonchev–Trinajstić information content (AvgIpc) is 2.64. The summed E-state index contributed by atoms with van der Waals surface area (Å²) in [5.41, 5.74) is 5.45. The number of hydrogen-bond donors (Lipinski definition) is 3. The van der Waals surface area contributed by atoms with Gasteiger partial charge in [-0.2, -0.15) is 0 Å². The molecule has 1 saturated heterocycles. The highest BCUT2D eigenvalue weighted by Crippen LogP contribution is 2.30. The number of nitrogens with one attached hydrogen (secondary N) is 2. The first-order valence-electron chi connectivity index (χ1n) is 10.5. The van der Waals surface area contributed by atoms with Crippen LogP contribution in [0.2, 0.25) is 0 Å². The fourth-order valence-electron chi connectivity index (χ4n) is 4.44. The summed E-state index contributed by atoms with van der Waals surface area (Å²) in [4.78, 5) is 18.0. The van der Waals surface area contributed by atoms with Gasteiger partial charge in [-0.3, -0.25) is 9.79 Å². The highest BCUT2D eigenvalue weighted by atomic mass is 16.1. The lowest BCUT2D eigenvalue weighted by molar-refractivity contribution is -0.123. The monoisotopic (exact) mass is 365 g/mol. The molecule has 3 atom stereocenters. The molecule has 0 radical (unpaired) electrons. The fraction of sp³-hybridized carbons (Fsp3) is 0.900. The molecule has 0 aromatic heterocycles. The molecule has 1 aliphatic heterocycles. The molecule has 0 bridgehead atoms. The molecule has 0 aromatic rings. The average molecular weight is 366 g/mol. The van der Waals surface area contributed by atoms with Crippen LogP contribution in [0.25, 0.3) is 0 Å². The van der Waals surface area contributed by atoms with Crippen LogP contribution in [0.3, 0.4) is 0 Å². The lowest BCUT2D eigenvalue weighted by Gasteiger charge is -2.31. The quantitative estimate of drug-likeness (QED) is 0.349. The van der Waals surface area contributed by atoms with Gasteiger partial charge in [-0.25, -0.2) is 0 Å². The minimum atomic E-state index is -0.148. The van der Waals surface area contributed by atoms with Crippen molar-refractivity contribution in [1.82, 2.24) is 15.5 Å². The number of likely N-dealkylation sites (tertiary alicyclic amines) is 1. The van der Waals surface area contributed by atoms with E-state index >= 15 is 0 Å². The Hall–Kier alpha value is -1.30. The van der Waals surface area contributed by atoms with Gasteiger partial charge in [-0.05, 0) is 57.0 Å². The maximum absolute atomic E-state index is 11.3. The van der Waals surface area contributed by atoms with Crippen LogP contribution in [0.5, 0.6) is 0 Å². The molecule has 1 amide bonds. The van der Waals surface area contributed by atoms with Crippen molar-refractivity contribution in [3.05, 3.63) is 0 Å². The van der Waals surface area contributed by atoms with Crippen molar-refractivity contribution < 1.29 is 4.79 Å². The molecular formula is C20H39N5O. The van der Waals surface area contributed by atoms with Crippen LogP contribution in [-0.4, -0.2) is 56.5 Å². The van der Waals surface area contributed by atoms with Gasteiger partial charge in [-0.1, -0.05) is 26.2 Å². The first-order valence-corrected chi connectivity index (χ1v) is 10.5. The van der Waals surface area contributed by atoms with Crippen LogP contribution in [0.15, 0.2) is 4.99 Å². The van der Waals surface area contributed by atoms with E-state index in [4.69, 9.17) is 5.73 Å². The van der Waals surface area contributed by atoms with Crippen molar-refractivity contribution in [3.63, 3.8) is 0 Å². The van der Waals surface area contributed by atoms with Gasteiger partial charge in [0.05, 0.1) is 5.92 Å². The molecular weight excluding hydrogens is 326 g/mol. The number of aliphatic imine (C=N–C) groups is 1. The number of rotatable bonds is 8. The normalized spacial score (nSPS) is 27.9. The maximum Gasteiger partial charge on any atom is 0.221 e. The van der Waals surface area contributed by atoms with Crippen molar-refractivity contribution >= 4 is 11.9 Å². The molecule has 1 heterocycles. The van der Waals surface area contributed by atoms with Gasteiger partial charge >= 0.3 is 0 Å². The fourth-order valence-corrected chi connectivity index (χ4v) is 4.44. The van der Waals surface area contributed by atoms with Gasteiger partial charge in [-0.15, -0.1) is 0 Å². The number of amides is 1. The van der Waals surface area contributed by atoms with E-state index in [1.54, 1.807) is 0 Å². The van der Waals surface area contributed by atoms with Gasteiger partial charge in [0, 0.05) is 26.7 Å². The molecule has 0 spiro atoms. The van der Waals surface area contributed by atoms with Gasteiger partial charge in [0.15, 0.2) is 5.96 Å². The van der Waals surface area contributed by atoms with Gasteiger partial charge < -0.3 is 21.3 Å². The van der Waals surface area contributed by atoms with E-state index in [0.717, 1.165) is 69.8 Å². The predicted octanol–water partition coefficient (Wildman–Crippen LogP) is 1.96. The smallest absolute Gasteiger partial charge is 0.221 e. The zero-order valence-corrected chi connectivity index (χ0v) is 16.8. The summed E-state index contributed by atoms with van der Waals surface area (Å²) >= 11 is 0. The molecule has 2 rings (SSSR count). The molecule has 1 saturated carbocycles. The molecule has 2 aliphatic rings. The van der Waals surface area contributed by atoms with E-state index in [0.29, 0.717) is 0 Å². The minimum Gasteiger partial charge on any atom is -0.369 e. The van der Waals surface area contributed by atoms with Crippen molar-refractivity contribution in [3.8, 4) is 0 Å². The number of carbonyl (C=O) groups excluding carboxylic acids is 1. The second kappa shape index (κ2) is 11.4. The van der Waals surface area contributed by atoms with E-state index in [1.165, 1.54) is 32.1 Å². The number of primary amides is 1. The predicted molar refractivity (Wildman–Crippen MR) is 108 cm³/mol. The lowest BCUT2D eigenvalue weighted by Crippen LogP contribution is -2.43. The largest absolute Gasteiger partial charge is 0.369 e. The summed E-state index contributed by atoms with van der Waals surface area (Å²) in [5.74, 6) is 2.57. The molecule has 6 heteroatoms. The molecule has 0 aromatic carbocycles. The molecule has 26 heavy (non-hydrogen) atoms. The third-order valence-electron chi connectivity index (χ3n) is 5.97. The van der Waals surface area contributed by atoms with Crippen LogP contribution in [0.1, 0.15) is 58.3 Å². The van der Waals surface area contributed by atoms with Crippen LogP contribution >= 0.6 is 0 Å². The standard InChI is InChI=1S/C20H39N5O/c1-16-6-3-7-17(14-16)9-11-24-20(22-2)23-10-5-13-25-12-4-8-18(15-25)19(21)26/h16-18H,3-15H2,1-2H3,(H2,21,26)(H2,22,23,24). The topological polar surface area (TPSA) is 82.8 Å². The first kappa shape index (κ1) is 21.0. The van der Waals surface area contributed by atoms with Crippen LogP contribution in [0.4, 0.5) is 0 Å². The Bertz CT molecular complexity index is 453. The highest BCUT2D eigenvalue weighted by Gasteiger charge is 2.23. The SMILES string of the molecule is CN=C(NCCCN1CCCC(C(N)=O)C1)NCCC1CCCC(C)C1. The molecule has 3 unspecified atom stereocenters. The van der Waals surface area contributed by atoms with E-state index in [9.17, 15) is 4.79 Å². The summed E-state index contributed by atoms with van der Waals surface area (Å²) in [5, 5.41) is 6.87. The van der Waals surface area contributed by atoms with Crippen molar-refractivity contribution in [1.29, 1.82) is 0 Å². The van der Waals surface area contributed by atoms with Crippen LogP contribution < -0.4 is 16.4 Å². The summed E-state index contributed by atoms with van der Waals surface area (Å²) in [6.45, 7) is 7.20. The highest BCUT2D eigenvalue weighted by molar-refractivity contribution is 5.79. The Labute approximate surface area is 159 Å². The van der Waals surface area contributed by atoms with Gasteiger partial charge in [0.1, 0.15) is 0 Å². The Morgan fingerprint density at radius 2 is 2.00 bits per heavy atom. The van der Waals surface area contributed by atoms with E-state index in [1.807, 2.05) is 7.05 Å². The van der Waals surface area contributed by atoms with Gasteiger partial charge in [0.25, 0.3) is 0 Å². The molecule has 1 aliphatic carbocycles. The summed E-state index contributed by atoms with van der Waals surface area (Å²) in [6, 6.07) is 0. The molecule has 2 fully saturated rings. The Morgan fingerprint density at radius 3 is 2.73 bits per heavy atom. The van der Waals surface area contributed by atoms with Crippen LogP contribution in [-0.2, 0) is 4.79 Å². The van der Waals surface area contributed by atoms with E-state index in [-0.39, 0.29) is 11.8 Å². The van der Waals surface area contributed by atoms with E-state index < -0.39 is 0 Å². The third kappa shape index (κ3) is 7.52. The van der Waals surface area contributed by atoms with Crippen molar-refractivity contribution in [2.45, 2.75) is 58.3 Å². The first-order chi connectivity index (χ1) is 12.6. The number of nitrogens with two attached hydrogens (primary N) is 1. The van der Waals surface area contributed by atoms with Crippen molar-refractivity contribution in [2.75, 3.05) is 39.8 Å². The second-order valence-corrected chi connectivity index (χ2v) is 8.25. The molecule has 150 valence electrons.